The van der Waals surface area contributed by atoms with Crippen molar-refractivity contribution in [3.05, 3.63) is 35.4 Å². The molecule has 0 aromatic heterocycles. The first-order valence-corrected chi connectivity index (χ1v) is 8.61. The molecule has 0 heterocycles. The van der Waals surface area contributed by atoms with Crippen molar-refractivity contribution in [1.29, 1.82) is 0 Å². The van der Waals surface area contributed by atoms with Crippen molar-refractivity contribution in [2.75, 3.05) is 6.54 Å². The molecule has 1 fully saturated rings. The lowest BCUT2D eigenvalue weighted by Gasteiger charge is -2.29. The van der Waals surface area contributed by atoms with E-state index >= 15 is 0 Å². The van der Waals surface area contributed by atoms with Gasteiger partial charge in [-0.15, -0.1) is 0 Å². The maximum absolute atomic E-state index is 3.82. The van der Waals surface area contributed by atoms with E-state index in [1.165, 1.54) is 57.9 Å². The van der Waals surface area contributed by atoms with Gasteiger partial charge in [0.25, 0.3) is 0 Å². The van der Waals surface area contributed by atoms with E-state index in [-0.39, 0.29) is 0 Å². The van der Waals surface area contributed by atoms with E-state index in [1.54, 1.807) is 11.1 Å². The highest BCUT2D eigenvalue weighted by Crippen LogP contribution is 2.30. The molecule has 0 aliphatic heterocycles. The zero-order valence-corrected chi connectivity index (χ0v) is 12.9. The Balaban J connectivity index is 1.41. The monoisotopic (exact) mass is 271 g/mol. The number of hydrogen-bond acceptors (Lipinski definition) is 1. The van der Waals surface area contributed by atoms with Gasteiger partial charge < -0.3 is 5.32 Å². The first-order valence-electron chi connectivity index (χ1n) is 8.61. The highest BCUT2D eigenvalue weighted by atomic mass is 14.9. The molecule has 1 aromatic carbocycles. The van der Waals surface area contributed by atoms with Crippen LogP contribution in [0.2, 0.25) is 0 Å². The first kappa shape index (κ1) is 14.1. The summed E-state index contributed by atoms with van der Waals surface area (Å²) in [5.74, 6) is 1.96. The molecule has 0 bridgehead atoms. The SMILES string of the molecule is CC1CCCC(CCNC2CCc3ccccc3C2)C1. The van der Waals surface area contributed by atoms with Crippen LogP contribution in [-0.4, -0.2) is 12.6 Å². The number of hydrogen-bond donors (Lipinski definition) is 1. The molecule has 1 N–H and O–H groups in total. The lowest BCUT2D eigenvalue weighted by molar-refractivity contribution is 0.263. The quantitative estimate of drug-likeness (QED) is 0.858. The van der Waals surface area contributed by atoms with Crippen LogP contribution >= 0.6 is 0 Å². The third-order valence-electron chi connectivity index (χ3n) is 5.38. The van der Waals surface area contributed by atoms with E-state index in [1.807, 2.05) is 0 Å². The molecular formula is C19H29N. The normalized spacial score (nSPS) is 29.9. The van der Waals surface area contributed by atoms with Crippen LogP contribution in [0.3, 0.4) is 0 Å². The van der Waals surface area contributed by atoms with Gasteiger partial charge in [-0.05, 0) is 61.6 Å². The molecule has 3 unspecified atom stereocenters. The summed E-state index contributed by atoms with van der Waals surface area (Å²) in [4.78, 5) is 0. The Kier molecular flexibility index (Phi) is 4.77. The minimum absolute atomic E-state index is 0.714. The zero-order chi connectivity index (χ0) is 13.8. The van der Waals surface area contributed by atoms with Gasteiger partial charge in [0.05, 0.1) is 0 Å². The molecule has 20 heavy (non-hydrogen) atoms. The van der Waals surface area contributed by atoms with Gasteiger partial charge in [-0.3, -0.25) is 0 Å². The molecule has 110 valence electrons. The van der Waals surface area contributed by atoms with Crippen LogP contribution in [0.15, 0.2) is 24.3 Å². The van der Waals surface area contributed by atoms with E-state index in [0.717, 1.165) is 11.8 Å². The number of aryl methyl sites for hydroxylation is 1. The van der Waals surface area contributed by atoms with Crippen molar-refractivity contribution in [2.45, 2.75) is 64.3 Å². The summed E-state index contributed by atoms with van der Waals surface area (Å²) in [5, 5.41) is 3.82. The molecule has 1 nitrogen and oxygen atoms in total. The Hall–Kier alpha value is -0.820. The van der Waals surface area contributed by atoms with Gasteiger partial charge in [0, 0.05) is 6.04 Å². The summed E-state index contributed by atoms with van der Waals surface area (Å²) in [6.45, 7) is 3.65. The van der Waals surface area contributed by atoms with E-state index in [4.69, 9.17) is 0 Å². The number of nitrogens with one attached hydrogen (secondary N) is 1. The fraction of sp³-hybridized carbons (Fsp3) is 0.684. The largest absolute Gasteiger partial charge is 0.314 e. The van der Waals surface area contributed by atoms with Crippen LogP contribution in [0.5, 0.6) is 0 Å². The maximum atomic E-state index is 3.82. The minimum Gasteiger partial charge on any atom is -0.314 e. The topological polar surface area (TPSA) is 12.0 Å². The van der Waals surface area contributed by atoms with Gasteiger partial charge in [-0.2, -0.15) is 0 Å². The van der Waals surface area contributed by atoms with Gasteiger partial charge in [-0.1, -0.05) is 50.5 Å². The van der Waals surface area contributed by atoms with Crippen LogP contribution in [0, 0.1) is 11.8 Å². The molecule has 0 amide bonds. The van der Waals surface area contributed by atoms with Gasteiger partial charge >= 0.3 is 0 Å². The summed E-state index contributed by atoms with van der Waals surface area (Å²) < 4.78 is 0. The fourth-order valence-electron chi connectivity index (χ4n) is 4.19. The van der Waals surface area contributed by atoms with E-state index in [2.05, 4.69) is 36.5 Å². The maximum Gasteiger partial charge on any atom is 0.0111 e. The number of benzene rings is 1. The van der Waals surface area contributed by atoms with Gasteiger partial charge in [-0.25, -0.2) is 0 Å². The van der Waals surface area contributed by atoms with E-state index < -0.39 is 0 Å². The predicted octanol–water partition coefficient (Wildman–Crippen LogP) is 4.35. The standard InChI is InChI=1S/C19H29N/c1-15-5-4-6-16(13-15)11-12-20-19-10-9-17-7-2-3-8-18(17)14-19/h2-3,7-8,15-16,19-20H,4-6,9-14H2,1H3. The first-order chi connectivity index (χ1) is 9.81. The summed E-state index contributed by atoms with van der Waals surface area (Å²) in [7, 11) is 0. The van der Waals surface area contributed by atoms with Crippen LogP contribution in [0.1, 0.15) is 56.6 Å². The van der Waals surface area contributed by atoms with E-state index in [0.29, 0.717) is 6.04 Å². The molecule has 0 radical (unpaired) electrons. The van der Waals surface area contributed by atoms with Crippen molar-refractivity contribution in [3.8, 4) is 0 Å². The highest BCUT2D eigenvalue weighted by Gasteiger charge is 2.20. The van der Waals surface area contributed by atoms with Crippen molar-refractivity contribution in [3.63, 3.8) is 0 Å². The Bertz CT molecular complexity index is 426. The molecular weight excluding hydrogens is 242 g/mol. The Labute approximate surface area is 124 Å². The second-order valence-corrected chi connectivity index (χ2v) is 7.09. The van der Waals surface area contributed by atoms with Crippen LogP contribution < -0.4 is 5.32 Å². The lowest BCUT2D eigenvalue weighted by atomic mass is 9.81. The molecule has 1 aromatic rings. The van der Waals surface area contributed by atoms with E-state index in [9.17, 15) is 0 Å². The molecule has 2 aliphatic carbocycles. The smallest absolute Gasteiger partial charge is 0.0111 e. The van der Waals surface area contributed by atoms with Crippen LogP contribution in [0.25, 0.3) is 0 Å². The summed E-state index contributed by atoms with van der Waals surface area (Å²) in [5.41, 5.74) is 3.15. The van der Waals surface area contributed by atoms with Crippen LogP contribution in [0.4, 0.5) is 0 Å². The molecule has 1 heteroatoms. The second-order valence-electron chi connectivity index (χ2n) is 7.09. The summed E-state index contributed by atoms with van der Waals surface area (Å²) in [6.07, 6.45) is 11.1. The Morgan fingerprint density at radius 3 is 2.80 bits per heavy atom. The number of fused-ring (bicyclic) bond motifs is 1. The van der Waals surface area contributed by atoms with Gasteiger partial charge in [0.2, 0.25) is 0 Å². The van der Waals surface area contributed by atoms with Crippen molar-refractivity contribution >= 4 is 0 Å². The molecule has 3 rings (SSSR count). The van der Waals surface area contributed by atoms with Crippen molar-refractivity contribution in [2.24, 2.45) is 11.8 Å². The molecule has 0 spiro atoms. The average molecular weight is 271 g/mol. The lowest BCUT2D eigenvalue weighted by Crippen LogP contribution is -2.36. The molecule has 3 atom stereocenters. The van der Waals surface area contributed by atoms with Crippen molar-refractivity contribution < 1.29 is 0 Å². The van der Waals surface area contributed by atoms with Crippen LogP contribution in [-0.2, 0) is 12.8 Å². The van der Waals surface area contributed by atoms with Gasteiger partial charge in [0.1, 0.15) is 0 Å². The molecule has 1 saturated carbocycles. The third-order valence-corrected chi connectivity index (χ3v) is 5.38. The average Bonchev–Trinajstić information content (AvgIpc) is 2.47. The number of rotatable bonds is 4. The highest BCUT2D eigenvalue weighted by molar-refractivity contribution is 5.30. The molecule has 0 saturated heterocycles. The molecule has 2 aliphatic rings. The Morgan fingerprint density at radius 2 is 1.95 bits per heavy atom. The zero-order valence-electron chi connectivity index (χ0n) is 12.9. The fourth-order valence-corrected chi connectivity index (χ4v) is 4.19. The third kappa shape index (κ3) is 3.63. The van der Waals surface area contributed by atoms with Crippen molar-refractivity contribution in [1.82, 2.24) is 5.32 Å². The van der Waals surface area contributed by atoms with Gasteiger partial charge in [0.15, 0.2) is 0 Å². The predicted molar refractivity (Wildman–Crippen MR) is 86.0 cm³/mol. The Morgan fingerprint density at radius 1 is 1.10 bits per heavy atom. The summed E-state index contributed by atoms with van der Waals surface area (Å²) >= 11 is 0. The minimum atomic E-state index is 0.714. The second kappa shape index (κ2) is 6.76. The summed E-state index contributed by atoms with van der Waals surface area (Å²) in [6, 6.07) is 9.69.